The lowest BCUT2D eigenvalue weighted by molar-refractivity contribution is -0.139. The number of aliphatic hydroxyl groups is 1. The molecule has 0 saturated heterocycles. The summed E-state index contributed by atoms with van der Waals surface area (Å²) >= 11 is 0. The molecule has 0 aromatic heterocycles. The second-order valence-electron chi connectivity index (χ2n) is 7.55. The van der Waals surface area contributed by atoms with Gasteiger partial charge in [0.2, 0.25) is 0 Å². The average Bonchev–Trinajstić information content (AvgIpc) is 2.97. The molecule has 4 heteroatoms. The third-order valence-corrected chi connectivity index (χ3v) is 5.84. The number of fused-ring (bicyclic) bond motifs is 1. The molecule has 0 fully saturated rings. The fourth-order valence-corrected chi connectivity index (χ4v) is 4.04. The van der Waals surface area contributed by atoms with Crippen LogP contribution in [0.1, 0.15) is 34.0 Å². The molecule has 1 N–H and O–H groups in total. The van der Waals surface area contributed by atoms with E-state index in [0.717, 1.165) is 11.1 Å². The molecule has 1 amide bonds. The van der Waals surface area contributed by atoms with E-state index in [1.54, 1.807) is 48.2 Å². The summed E-state index contributed by atoms with van der Waals surface area (Å²) in [6.45, 7) is 3.97. The van der Waals surface area contributed by atoms with E-state index >= 15 is 0 Å². The lowest BCUT2D eigenvalue weighted by Crippen LogP contribution is -2.47. The zero-order valence-corrected chi connectivity index (χ0v) is 16.5. The van der Waals surface area contributed by atoms with Crippen molar-refractivity contribution in [2.24, 2.45) is 5.92 Å². The van der Waals surface area contributed by atoms with E-state index in [2.05, 4.69) is 0 Å². The van der Waals surface area contributed by atoms with E-state index in [1.165, 1.54) is 0 Å². The molecule has 0 aliphatic carbocycles. The van der Waals surface area contributed by atoms with Crippen LogP contribution in [0.15, 0.2) is 78.9 Å². The Morgan fingerprint density at radius 1 is 0.966 bits per heavy atom. The molecule has 1 aliphatic rings. The van der Waals surface area contributed by atoms with Gasteiger partial charge in [-0.3, -0.25) is 9.59 Å². The summed E-state index contributed by atoms with van der Waals surface area (Å²) in [5.74, 6) is -1.63. The Morgan fingerprint density at radius 2 is 1.59 bits per heavy atom. The fraction of sp³-hybridized carbons (Fsp3) is 0.200. The minimum absolute atomic E-state index is 0.256. The highest BCUT2D eigenvalue weighted by Crippen LogP contribution is 2.46. The predicted octanol–water partition coefficient (Wildman–Crippen LogP) is 4.25. The van der Waals surface area contributed by atoms with Crippen LogP contribution in [-0.4, -0.2) is 16.8 Å². The van der Waals surface area contributed by atoms with Crippen LogP contribution < -0.4 is 4.90 Å². The standard InChI is InChI=1S/C25H23NO3/c1-17-10-6-7-13-20(17)16-26-22-15-9-8-14-21(22)25(29,24(26)28)18(2)23(27)19-11-4-3-5-12-19/h3-15,18,29H,16H2,1-2H3. The summed E-state index contributed by atoms with van der Waals surface area (Å²) in [5.41, 5.74) is 1.79. The highest BCUT2D eigenvalue weighted by molar-refractivity contribution is 6.11. The van der Waals surface area contributed by atoms with Gasteiger partial charge in [-0.1, -0.05) is 79.7 Å². The summed E-state index contributed by atoms with van der Waals surface area (Å²) < 4.78 is 0. The van der Waals surface area contributed by atoms with Crippen LogP contribution in [0.5, 0.6) is 0 Å². The van der Waals surface area contributed by atoms with E-state index < -0.39 is 17.4 Å². The first-order valence-corrected chi connectivity index (χ1v) is 9.72. The van der Waals surface area contributed by atoms with Gasteiger partial charge in [-0.15, -0.1) is 0 Å². The molecular formula is C25H23NO3. The second kappa shape index (κ2) is 7.30. The summed E-state index contributed by atoms with van der Waals surface area (Å²) in [6, 6.07) is 23.8. The molecule has 0 bridgehead atoms. The van der Waals surface area contributed by atoms with Gasteiger partial charge in [0, 0.05) is 11.1 Å². The highest BCUT2D eigenvalue weighted by Gasteiger charge is 2.55. The molecule has 2 unspecified atom stereocenters. The first kappa shape index (κ1) is 19.1. The number of carbonyl (C=O) groups excluding carboxylic acids is 2. The molecule has 2 atom stereocenters. The van der Waals surface area contributed by atoms with Gasteiger partial charge in [0.25, 0.3) is 5.91 Å². The van der Waals surface area contributed by atoms with Crippen molar-refractivity contribution in [1.29, 1.82) is 0 Å². The smallest absolute Gasteiger partial charge is 0.264 e. The van der Waals surface area contributed by atoms with Crippen molar-refractivity contribution in [3.63, 3.8) is 0 Å². The maximum absolute atomic E-state index is 13.5. The van der Waals surface area contributed by atoms with E-state index in [0.29, 0.717) is 23.4 Å². The molecular weight excluding hydrogens is 362 g/mol. The molecule has 1 heterocycles. The Bertz CT molecular complexity index is 1080. The normalized spacial score (nSPS) is 19.1. The zero-order valence-electron chi connectivity index (χ0n) is 16.5. The van der Waals surface area contributed by atoms with Crippen LogP contribution in [0.25, 0.3) is 0 Å². The quantitative estimate of drug-likeness (QED) is 0.668. The largest absolute Gasteiger partial charge is 0.375 e. The Balaban J connectivity index is 1.75. The van der Waals surface area contributed by atoms with Crippen LogP contribution in [0, 0.1) is 12.8 Å². The minimum atomic E-state index is -1.90. The predicted molar refractivity (Wildman–Crippen MR) is 113 cm³/mol. The third-order valence-electron chi connectivity index (χ3n) is 5.84. The molecule has 4 rings (SSSR count). The molecule has 0 saturated carbocycles. The molecule has 0 radical (unpaired) electrons. The highest BCUT2D eigenvalue weighted by atomic mass is 16.3. The summed E-state index contributed by atoms with van der Waals surface area (Å²) in [4.78, 5) is 28.2. The van der Waals surface area contributed by atoms with Gasteiger partial charge in [-0.05, 0) is 24.1 Å². The van der Waals surface area contributed by atoms with Gasteiger partial charge >= 0.3 is 0 Å². The van der Waals surface area contributed by atoms with E-state index in [-0.39, 0.29) is 5.78 Å². The van der Waals surface area contributed by atoms with Gasteiger partial charge in [-0.2, -0.15) is 0 Å². The lowest BCUT2D eigenvalue weighted by Gasteiger charge is -2.28. The SMILES string of the molecule is Cc1ccccc1CN1C(=O)C(O)(C(C)C(=O)c2ccccc2)c2ccccc21. The van der Waals surface area contributed by atoms with Crippen molar-refractivity contribution in [2.45, 2.75) is 26.0 Å². The first-order valence-electron chi connectivity index (χ1n) is 9.72. The van der Waals surface area contributed by atoms with Crippen molar-refractivity contribution in [3.8, 4) is 0 Å². The molecule has 4 nitrogen and oxygen atoms in total. The van der Waals surface area contributed by atoms with Crippen molar-refractivity contribution in [2.75, 3.05) is 4.90 Å². The van der Waals surface area contributed by atoms with Crippen LogP contribution in [0.3, 0.4) is 0 Å². The van der Waals surface area contributed by atoms with E-state index in [1.807, 2.05) is 49.4 Å². The molecule has 3 aromatic carbocycles. The summed E-state index contributed by atoms with van der Waals surface area (Å²) in [5, 5.41) is 11.6. The van der Waals surface area contributed by atoms with Crippen molar-refractivity contribution in [3.05, 3.63) is 101 Å². The number of hydrogen-bond acceptors (Lipinski definition) is 3. The van der Waals surface area contributed by atoms with Crippen molar-refractivity contribution < 1.29 is 14.7 Å². The number of hydrogen-bond donors (Lipinski definition) is 1. The van der Waals surface area contributed by atoms with Crippen LogP contribution in [0.4, 0.5) is 5.69 Å². The Morgan fingerprint density at radius 3 is 2.31 bits per heavy atom. The third kappa shape index (κ3) is 3.06. The van der Waals surface area contributed by atoms with Gasteiger partial charge < -0.3 is 10.0 Å². The molecule has 1 aliphatic heterocycles. The summed E-state index contributed by atoms with van der Waals surface area (Å²) in [6.07, 6.45) is 0. The van der Waals surface area contributed by atoms with Gasteiger partial charge in [0.15, 0.2) is 11.4 Å². The van der Waals surface area contributed by atoms with E-state index in [4.69, 9.17) is 0 Å². The molecule has 146 valence electrons. The number of para-hydroxylation sites is 1. The van der Waals surface area contributed by atoms with Gasteiger partial charge in [0.1, 0.15) is 0 Å². The number of benzene rings is 3. The van der Waals surface area contributed by atoms with Crippen LogP contribution in [0.2, 0.25) is 0 Å². The van der Waals surface area contributed by atoms with Crippen molar-refractivity contribution >= 4 is 17.4 Å². The average molecular weight is 385 g/mol. The Kier molecular flexibility index (Phi) is 4.81. The number of nitrogens with zero attached hydrogens (tertiary/aromatic N) is 1. The number of ketones is 1. The lowest BCUT2D eigenvalue weighted by atomic mass is 9.79. The monoisotopic (exact) mass is 385 g/mol. The number of carbonyl (C=O) groups is 2. The summed E-state index contributed by atoms with van der Waals surface area (Å²) in [7, 11) is 0. The van der Waals surface area contributed by atoms with Gasteiger partial charge in [-0.25, -0.2) is 0 Å². The van der Waals surface area contributed by atoms with E-state index in [9.17, 15) is 14.7 Å². The number of aryl methyl sites for hydroxylation is 1. The maximum Gasteiger partial charge on any atom is 0.264 e. The topological polar surface area (TPSA) is 57.6 Å². The minimum Gasteiger partial charge on any atom is -0.375 e. The molecule has 0 spiro atoms. The zero-order chi connectivity index (χ0) is 20.6. The second-order valence-corrected chi connectivity index (χ2v) is 7.55. The Hall–Kier alpha value is -3.24. The first-order chi connectivity index (χ1) is 13.9. The van der Waals surface area contributed by atoms with Crippen LogP contribution >= 0.6 is 0 Å². The maximum atomic E-state index is 13.5. The number of Topliss-reactive ketones (excluding diaryl/α,β-unsaturated/α-hetero) is 1. The molecule has 29 heavy (non-hydrogen) atoms. The Labute approximate surface area is 170 Å². The fourth-order valence-electron chi connectivity index (χ4n) is 4.04. The number of amides is 1. The van der Waals surface area contributed by atoms with Gasteiger partial charge in [0.05, 0.1) is 18.2 Å². The molecule has 3 aromatic rings. The number of rotatable bonds is 5. The van der Waals surface area contributed by atoms with Crippen LogP contribution in [-0.2, 0) is 16.9 Å². The van der Waals surface area contributed by atoms with Crippen molar-refractivity contribution in [1.82, 2.24) is 0 Å². The number of anilines is 1.